The van der Waals surface area contributed by atoms with E-state index in [0.717, 1.165) is 42.4 Å². The SMILES string of the molecule is C#[N+]C12CCCC(N(C)Cc3ccccc3)C1([N+]#C)CN(Cc1cc3cc(-c4[nH]c(=O)c(C(=O)O)c(O)c4CC)ccc3n1C)C2. The molecule has 0 amide bonds. The smallest absolute Gasteiger partial charge is 0.388 e. The molecule has 1 saturated carbocycles. The number of nitrogens with one attached hydrogen (secondary N) is 1. The van der Waals surface area contributed by atoms with Crippen LogP contribution in [0.3, 0.4) is 0 Å². The van der Waals surface area contributed by atoms with Gasteiger partial charge in [-0.15, -0.1) is 0 Å². The summed E-state index contributed by atoms with van der Waals surface area (Å²) >= 11 is 0. The topological polar surface area (TPSA) is 111 Å². The van der Waals surface area contributed by atoms with Crippen LogP contribution in [-0.2, 0) is 26.6 Å². The van der Waals surface area contributed by atoms with Gasteiger partial charge in [-0.2, -0.15) is 0 Å². The van der Waals surface area contributed by atoms with Crippen LogP contribution in [0.1, 0.15) is 53.4 Å². The Kier molecular flexibility index (Phi) is 7.97. The van der Waals surface area contributed by atoms with E-state index in [0.29, 0.717) is 42.9 Å². The molecule has 0 bridgehead atoms. The second kappa shape index (κ2) is 11.8. The van der Waals surface area contributed by atoms with Gasteiger partial charge in [-0.05, 0) is 55.6 Å². The normalized spacial score (nSPS) is 22.9. The molecule has 46 heavy (non-hydrogen) atoms. The summed E-state index contributed by atoms with van der Waals surface area (Å²) in [5.74, 6) is -1.96. The lowest BCUT2D eigenvalue weighted by atomic mass is 9.66. The van der Waals surface area contributed by atoms with Crippen LogP contribution in [-0.4, -0.2) is 72.8 Å². The number of aromatic carboxylic acids is 1. The van der Waals surface area contributed by atoms with E-state index in [-0.39, 0.29) is 6.04 Å². The molecule has 1 aliphatic carbocycles. The van der Waals surface area contributed by atoms with E-state index >= 15 is 0 Å². The molecule has 0 spiro atoms. The fourth-order valence-electron chi connectivity index (χ4n) is 8.09. The van der Waals surface area contributed by atoms with Crippen LogP contribution < -0.4 is 5.56 Å². The van der Waals surface area contributed by atoms with Crippen molar-refractivity contribution in [1.82, 2.24) is 19.4 Å². The number of likely N-dealkylation sites (N-methyl/N-ethyl adjacent to an activating group) is 1. The zero-order chi connectivity index (χ0) is 32.8. The third-order valence-electron chi connectivity index (χ3n) is 10.3. The Bertz CT molecular complexity index is 1970. The molecule has 10 nitrogen and oxygen atoms in total. The van der Waals surface area contributed by atoms with Crippen molar-refractivity contribution in [3.8, 4) is 30.2 Å². The second-order valence-electron chi connectivity index (χ2n) is 12.8. The van der Waals surface area contributed by atoms with Gasteiger partial charge in [0.2, 0.25) is 0 Å². The molecule has 1 saturated heterocycles. The molecule has 10 heteroatoms. The molecule has 3 N–H and O–H groups in total. The minimum Gasteiger partial charge on any atom is -0.506 e. The second-order valence-corrected chi connectivity index (χ2v) is 12.8. The van der Waals surface area contributed by atoms with Gasteiger partial charge in [-0.3, -0.25) is 14.6 Å². The molecule has 2 aromatic heterocycles. The number of aromatic amines is 1. The number of benzene rings is 2. The molecule has 4 aromatic rings. The lowest BCUT2D eigenvalue weighted by Crippen LogP contribution is -2.63. The number of aromatic hydroxyl groups is 1. The predicted octanol–water partition coefficient (Wildman–Crippen LogP) is 5.40. The number of hydrogen-bond acceptors (Lipinski definition) is 5. The third-order valence-corrected chi connectivity index (χ3v) is 10.3. The number of likely N-dealkylation sites (tertiary alicyclic amines) is 1. The first-order valence-electron chi connectivity index (χ1n) is 15.7. The van der Waals surface area contributed by atoms with E-state index in [2.05, 4.69) is 66.4 Å². The van der Waals surface area contributed by atoms with E-state index in [9.17, 15) is 19.8 Å². The summed E-state index contributed by atoms with van der Waals surface area (Å²) < 4.78 is 2.15. The molecule has 6 rings (SSSR count). The van der Waals surface area contributed by atoms with Crippen molar-refractivity contribution in [1.29, 1.82) is 0 Å². The molecule has 1 aliphatic heterocycles. The van der Waals surface area contributed by atoms with Gasteiger partial charge >= 0.3 is 17.0 Å². The van der Waals surface area contributed by atoms with Gasteiger partial charge in [0.1, 0.15) is 11.8 Å². The van der Waals surface area contributed by atoms with Crippen LogP contribution in [0.15, 0.2) is 59.4 Å². The minimum absolute atomic E-state index is 0.0673. The summed E-state index contributed by atoms with van der Waals surface area (Å²) in [6.45, 7) is 17.0. The number of carboxylic acid groups (broad SMARTS) is 1. The maximum Gasteiger partial charge on any atom is 0.388 e. The molecule has 2 fully saturated rings. The predicted molar refractivity (Wildman–Crippen MR) is 180 cm³/mol. The number of nitrogens with zero attached hydrogens (tertiary/aromatic N) is 5. The number of carbonyl (C=O) groups is 1. The van der Waals surface area contributed by atoms with Crippen molar-refractivity contribution in [3.63, 3.8) is 0 Å². The van der Waals surface area contributed by atoms with Crippen molar-refractivity contribution in [3.05, 3.63) is 97.0 Å². The fraction of sp³-hybridized carbons (Fsp3) is 0.389. The van der Waals surface area contributed by atoms with Gasteiger partial charge in [0.15, 0.2) is 5.56 Å². The molecule has 3 heterocycles. The molecule has 3 unspecified atom stereocenters. The monoisotopic (exact) mass is 620 g/mol. The van der Waals surface area contributed by atoms with Crippen LogP contribution >= 0.6 is 0 Å². The molecule has 2 aliphatic rings. The Morgan fingerprint density at radius 3 is 2.57 bits per heavy atom. The minimum atomic E-state index is -1.47. The van der Waals surface area contributed by atoms with Crippen molar-refractivity contribution in [2.75, 3.05) is 20.1 Å². The van der Waals surface area contributed by atoms with Crippen molar-refractivity contribution in [2.24, 2.45) is 7.05 Å². The van der Waals surface area contributed by atoms with Gasteiger partial charge in [-0.25, -0.2) is 4.79 Å². The van der Waals surface area contributed by atoms with Crippen LogP contribution in [0.5, 0.6) is 5.75 Å². The van der Waals surface area contributed by atoms with Crippen molar-refractivity contribution < 1.29 is 15.0 Å². The number of aryl methyl sites for hydroxylation is 1. The molecule has 2 aromatic carbocycles. The largest absolute Gasteiger partial charge is 0.506 e. The van der Waals surface area contributed by atoms with Crippen molar-refractivity contribution >= 4 is 16.9 Å². The van der Waals surface area contributed by atoms with Gasteiger partial charge in [0.05, 0.1) is 18.8 Å². The fourth-order valence-corrected chi connectivity index (χ4v) is 8.09. The summed E-state index contributed by atoms with van der Waals surface area (Å²) in [5.41, 5.74) is 2.04. The van der Waals surface area contributed by atoms with Crippen LogP contribution in [0.2, 0.25) is 0 Å². The first kappa shape index (κ1) is 31.1. The lowest BCUT2D eigenvalue weighted by Gasteiger charge is -2.38. The maximum absolute atomic E-state index is 12.6. The van der Waals surface area contributed by atoms with Crippen LogP contribution in [0, 0.1) is 13.1 Å². The van der Waals surface area contributed by atoms with Crippen LogP contribution in [0.4, 0.5) is 0 Å². The highest BCUT2D eigenvalue weighted by atomic mass is 16.4. The zero-order valence-electron chi connectivity index (χ0n) is 26.5. The van der Waals surface area contributed by atoms with Gasteiger partial charge in [0.25, 0.3) is 18.7 Å². The Balaban J connectivity index is 1.31. The Morgan fingerprint density at radius 1 is 1.13 bits per heavy atom. The molecule has 0 radical (unpaired) electrons. The summed E-state index contributed by atoms with van der Waals surface area (Å²) in [4.78, 5) is 40.7. The van der Waals surface area contributed by atoms with Crippen molar-refractivity contribution in [2.45, 2.75) is 62.8 Å². The first-order chi connectivity index (χ1) is 22.1. The van der Waals surface area contributed by atoms with E-state index in [4.69, 9.17) is 13.1 Å². The number of pyridine rings is 1. The number of rotatable bonds is 8. The Hall–Kier alpha value is -4.90. The number of carboxylic acids is 1. The Labute approximate surface area is 268 Å². The number of aromatic nitrogens is 2. The van der Waals surface area contributed by atoms with Gasteiger partial charge in [0, 0.05) is 48.7 Å². The van der Waals surface area contributed by atoms with Gasteiger partial charge < -0.3 is 19.8 Å². The average Bonchev–Trinajstić information content (AvgIpc) is 3.54. The first-order valence-corrected chi connectivity index (χ1v) is 15.7. The molecular formula is C36H40N6O4+2. The highest BCUT2D eigenvalue weighted by molar-refractivity contribution is 5.92. The summed E-state index contributed by atoms with van der Waals surface area (Å²) in [5, 5.41) is 21.0. The lowest BCUT2D eigenvalue weighted by molar-refractivity contribution is 0.0691. The van der Waals surface area contributed by atoms with Crippen LogP contribution in [0.25, 0.3) is 31.9 Å². The molecular weight excluding hydrogens is 580 g/mol. The molecule has 3 atom stereocenters. The third kappa shape index (κ3) is 4.86. The van der Waals surface area contributed by atoms with E-state index in [1.807, 2.05) is 31.3 Å². The highest BCUT2D eigenvalue weighted by Crippen LogP contribution is 2.50. The molecule has 236 valence electrons. The van der Waals surface area contributed by atoms with Gasteiger partial charge in [-0.1, -0.05) is 53.0 Å². The average molecular weight is 621 g/mol. The summed E-state index contributed by atoms with van der Waals surface area (Å²) in [6.07, 6.45) is 3.10. The highest BCUT2D eigenvalue weighted by Gasteiger charge is 2.80. The zero-order valence-corrected chi connectivity index (χ0v) is 26.5. The standard InChI is InChI=1S/C36H38N6O4/c1-6-27-31(39-33(44)30(32(27)43)34(45)46)24-14-15-28-25(17-24)18-26(41(28)5)20-42-21-35(37-2)16-10-13-29(36(35,22-42)38-3)40(4)19-23-11-8-7-9-12-23/h2-3,7-9,11-12,14-15,17-18,29H,6,10,13,16,19-22H2,1,4-5H3,(H-2,39,43,44,45,46)/p+2. The van der Waals surface area contributed by atoms with E-state index < -0.39 is 33.9 Å². The summed E-state index contributed by atoms with van der Waals surface area (Å²) in [7, 11) is 4.16. The van der Waals surface area contributed by atoms with E-state index in [1.54, 1.807) is 6.92 Å². The number of hydrogen-bond donors (Lipinski definition) is 3. The van der Waals surface area contributed by atoms with E-state index in [1.165, 1.54) is 5.56 Å². The number of fused-ring (bicyclic) bond motifs is 2. The quantitative estimate of drug-likeness (QED) is 0.243. The summed E-state index contributed by atoms with van der Waals surface area (Å²) in [6, 6.07) is 18.4. The maximum atomic E-state index is 12.6. The Morgan fingerprint density at radius 2 is 1.89 bits per heavy atom. The number of H-pyrrole nitrogens is 1.